The van der Waals surface area contributed by atoms with Crippen molar-refractivity contribution in [1.29, 1.82) is 0 Å². The largest absolute Gasteiger partial charge is 0.358 e. The van der Waals surface area contributed by atoms with E-state index in [2.05, 4.69) is 15.6 Å². The van der Waals surface area contributed by atoms with Crippen LogP contribution in [0.1, 0.15) is 11.3 Å². The van der Waals surface area contributed by atoms with Crippen molar-refractivity contribution in [3.8, 4) is 0 Å². The number of aromatic nitrogens is 1. The van der Waals surface area contributed by atoms with Crippen molar-refractivity contribution in [2.75, 3.05) is 17.6 Å². The molecule has 0 unspecified atom stereocenters. The van der Waals surface area contributed by atoms with Gasteiger partial charge in [0.2, 0.25) is 0 Å². The maximum absolute atomic E-state index is 12.7. The number of anilines is 1. The molecule has 2 amide bonds. The van der Waals surface area contributed by atoms with Crippen LogP contribution in [0.25, 0.3) is 10.9 Å². The van der Waals surface area contributed by atoms with Gasteiger partial charge in [0.15, 0.2) is 9.84 Å². The highest BCUT2D eigenvalue weighted by Crippen LogP contribution is 2.27. The van der Waals surface area contributed by atoms with E-state index in [0.717, 1.165) is 11.1 Å². The molecule has 0 aliphatic heterocycles. The van der Waals surface area contributed by atoms with E-state index in [1.54, 1.807) is 19.1 Å². The van der Waals surface area contributed by atoms with Gasteiger partial charge in [-0.3, -0.25) is 0 Å². The highest BCUT2D eigenvalue weighted by atomic mass is 32.2. The van der Waals surface area contributed by atoms with Gasteiger partial charge in [0.1, 0.15) is 0 Å². The summed E-state index contributed by atoms with van der Waals surface area (Å²) < 4.78 is 25.4. The number of aryl methyl sites for hydroxylation is 2. The SMILES string of the molecule is Cc1cccc(NC(=O)NCCS(=O)(=O)c2c(C)[nH]c3ccccc23)c1. The number of carbonyl (C=O) groups is 1. The molecule has 0 atom stereocenters. The van der Waals surface area contributed by atoms with Crippen LogP contribution >= 0.6 is 0 Å². The van der Waals surface area contributed by atoms with Crippen LogP contribution in [0.15, 0.2) is 53.4 Å². The van der Waals surface area contributed by atoms with Crippen LogP contribution in [-0.2, 0) is 9.84 Å². The first-order valence-corrected chi connectivity index (χ1v) is 9.93. The van der Waals surface area contributed by atoms with Gasteiger partial charge in [-0.2, -0.15) is 0 Å². The molecule has 0 aliphatic rings. The Bertz CT molecular complexity index is 1050. The number of sulfone groups is 1. The smallest absolute Gasteiger partial charge is 0.319 e. The van der Waals surface area contributed by atoms with Crippen molar-refractivity contribution < 1.29 is 13.2 Å². The maximum atomic E-state index is 12.7. The van der Waals surface area contributed by atoms with Gasteiger partial charge < -0.3 is 15.6 Å². The molecule has 26 heavy (non-hydrogen) atoms. The summed E-state index contributed by atoms with van der Waals surface area (Å²) in [6.07, 6.45) is 0. The van der Waals surface area contributed by atoms with Crippen LogP contribution in [0.4, 0.5) is 10.5 Å². The van der Waals surface area contributed by atoms with Crippen molar-refractivity contribution in [2.45, 2.75) is 18.7 Å². The van der Waals surface area contributed by atoms with E-state index in [-0.39, 0.29) is 12.3 Å². The number of H-pyrrole nitrogens is 1. The molecule has 6 nitrogen and oxygen atoms in total. The Hall–Kier alpha value is -2.80. The van der Waals surface area contributed by atoms with E-state index in [0.29, 0.717) is 21.7 Å². The molecule has 0 spiro atoms. The number of nitrogens with one attached hydrogen (secondary N) is 3. The fourth-order valence-corrected chi connectivity index (χ4v) is 4.56. The molecule has 0 fully saturated rings. The molecule has 1 aromatic heterocycles. The molecule has 3 rings (SSSR count). The highest BCUT2D eigenvalue weighted by Gasteiger charge is 2.22. The predicted octanol–water partition coefficient (Wildman–Crippen LogP) is 3.38. The third kappa shape index (κ3) is 3.88. The Balaban J connectivity index is 1.65. The lowest BCUT2D eigenvalue weighted by Crippen LogP contribution is -2.32. The summed E-state index contributed by atoms with van der Waals surface area (Å²) in [6, 6.07) is 14.2. The molecule has 0 saturated heterocycles. The quantitative estimate of drug-likeness (QED) is 0.642. The van der Waals surface area contributed by atoms with Gasteiger partial charge in [0.25, 0.3) is 0 Å². The molecule has 0 bridgehead atoms. The van der Waals surface area contributed by atoms with Gasteiger partial charge >= 0.3 is 6.03 Å². The van der Waals surface area contributed by atoms with E-state index < -0.39 is 15.9 Å². The normalized spacial score (nSPS) is 11.5. The lowest BCUT2D eigenvalue weighted by Gasteiger charge is -2.09. The molecule has 136 valence electrons. The van der Waals surface area contributed by atoms with Gasteiger partial charge in [0.05, 0.1) is 10.6 Å². The van der Waals surface area contributed by atoms with E-state index in [4.69, 9.17) is 0 Å². The summed E-state index contributed by atoms with van der Waals surface area (Å²) in [7, 11) is -3.52. The first-order valence-electron chi connectivity index (χ1n) is 8.28. The van der Waals surface area contributed by atoms with Crippen molar-refractivity contribution in [3.05, 3.63) is 59.8 Å². The Morgan fingerprint density at radius 2 is 1.85 bits per heavy atom. The average molecular weight is 371 g/mol. The van der Waals surface area contributed by atoms with Crippen LogP contribution in [0.3, 0.4) is 0 Å². The first-order chi connectivity index (χ1) is 12.4. The minimum absolute atomic E-state index is 0.0267. The number of para-hydroxylation sites is 1. The molecule has 0 radical (unpaired) electrons. The van der Waals surface area contributed by atoms with Crippen molar-refractivity contribution in [1.82, 2.24) is 10.3 Å². The molecular formula is C19H21N3O3S. The Kier molecular flexibility index (Phi) is 4.99. The van der Waals surface area contributed by atoms with Crippen LogP contribution in [0.2, 0.25) is 0 Å². The van der Waals surface area contributed by atoms with Crippen LogP contribution in [0, 0.1) is 13.8 Å². The highest BCUT2D eigenvalue weighted by molar-refractivity contribution is 7.91. The molecule has 2 aromatic carbocycles. The van der Waals surface area contributed by atoms with E-state index in [1.165, 1.54) is 0 Å². The van der Waals surface area contributed by atoms with Crippen molar-refractivity contribution in [2.24, 2.45) is 0 Å². The summed E-state index contributed by atoms with van der Waals surface area (Å²) in [5.41, 5.74) is 3.09. The van der Waals surface area contributed by atoms with Gasteiger partial charge in [-0.1, -0.05) is 30.3 Å². The topological polar surface area (TPSA) is 91.1 Å². The summed E-state index contributed by atoms with van der Waals surface area (Å²) in [5, 5.41) is 5.97. The average Bonchev–Trinajstić information content (AvgIpc) is 2.91. The lowest BCUT2D eigenvalue weighted by atomic mass is 10.2. The number of benzene rings is 2. The fourth-order valence-electron chi connectivity index (χ4n) is 2.95. The van der Waals surface area contributed by atoms with Crippen LogP contribution in [-0.4, -0.2) is 31.7 Å². The summed E-state index contributed by atoms with van der Waals surface area (Å²) in [6.45, 7) is 3.70. The van der Waals surface area contributed by atoms with Crippen LogP contribution < -0.4 is 10.6 Å². The van der Waals surface area contributed by atoms with Crippen LogP contribution in [0.5, 0.6) is 0 Å². The molecule has 0 aliphatic carbocycles. The van der Waals surface area contributed by atoms with Gasteiger partial charge in [-0.15, -0.1) is 0 Å². The third-order valence-electron chi connectivity index (χ3n) is 4.08. The number of hydrogen-bond acceptors (Lipinski definition) is 3. The molecule has 3 aromatic rings. The fraction of sp³-hybridized carbons (Fsp3) is 0.211. The maximum Gasteiger partial charge on any atom is 0.319 e. The number of hydrogen-bond donors (Lipinski definition) is 3. The Labute approximate surface area is 152 Å². The molecule has 0 saturated carbocycles. The number of amides is 2. The van der Waals surface area contributed by atoms with E-state index in [1.807, 2.05) is 43.3 Å². The zero-order valence-electron chi connectivity index (χ0n) is 14.7. The van der Waals surface area contributed by atoms with Gasteiger partial charge in [0, 0.05) is 28.8 Å². The summed E-state index contributed by atoms with van der Waals surface area (Å²) >= 11 is 0. The molecule has 3 N–H and O–H groups in total. The number of aromatic amines is 1. The minimum atomic E-state index is -3.52. The lowest BCUT2D eigenvalue weighted by molar-refractivity contribution is 0.252. The number of rotatable bonds is 5. The third-order valence-corrected chi connectivity index (χ3v) is 5.97. The molecular weight excluding hydrogens is 350 g/mol. The molecule has 7 heteroatoms. The monoisotopic (exact) mass is 371 g/mol. The standard InChI is InChI=1S/C19H21N3O3S/c1-13-6-5-7-15(12-13)22-19(23)20-10-11-26(24,25)18-14(2)21-17-9-4-3-8-16(17)18/h3-9,12,21H,10-11H2,1-2H3,(H2,20,22,23). The number of fused-ring (bicyclic) bond motifs is 1. The van der Waals surface area contributed by atoms with Crippen molar-refractivity contribution >= 4 is 32.5 Å². The van der Waals surface area contributed by atoms with E-state index >= 15 is 0 Å². The first kappa shape index (κ1) is 18.0. The zero-order valence-corrected chi connectivity index (χ0v) is 15.5. The van der Waals surface area contributed by atoms with Gasteiger partial charge in [-0.25, -0.2) is 13.2 Å². The minimum Gasteiger partial charge on any atom is -0.358 e. The number of carbonyl (C=O) groups excluding carboxylic acids is 1. The summed E-state index contributed by atoms with van der Waals surface area (Å²) in [4.78, 5) is 15.3. The molecule has 1 heterocycles. The Morgan fingerprint density at radius 1 is 1.08 bits per heavy atom. The van der Waals surface area contributed by atoms with Gasteiger partial charge in [-0.05, 0) is 37.6 Å². The Morgan fingerprint density at radius 3 is 2.62 bits per heavy atom. The number of urea groups is 1. The zero-order chi connectivity index (χ0) is 18.7. The van der Waals surface area contributed by atoms with E-state index in [9.17, 15) is 13.2 Å². The predicted molar refractivity (Wildman–Crippen MR) is 103 cm³/mol. The van der Waals surface area contributed by atoms with Crippen molar-refractivity contribution in [3.63, 3.8) is 0 Å². The second kappa shape index (κ2) is 7.21. The summed E-state index contributed by atoms with van der Waals surface area (Å²) in [5.74, 6) is -0.170. The second-order valence-electron chi connectivity index (χ2n) is 6.19. The second-order valence-corrected chi connectivity index (χ2v) is 8.24.